The Bertz CT molecular complexity index is 1090. The van der Waals surface area contributed by atoms with Gasteiger partial charge in [0.15, 0.2) is 0 Å². The summed E-state index contributed by atoms with van der Waals surface area (Å²) >= 11 is 6.20. The smallest absolute Gasteiger partial charge is 0.257 e. The summed E-state index contributed by atoms with van der Waals surface area (Å²) < 4.78 is 1.34. The number of anilines is 1. The lowest BCUT2D eigenvalue weighted by atomic mass is 10.1. The van der Waals surface area contributed by atoms with Crippen molar-refractivity contribution in [3.63, 3.8) is 0 Å². The molecule has 1 aromatic heterocycles. The van der Waals surface area contributed by atoms with Crippen LogP contribution in [0, 0.1) is 13.8 Å². The van der Waals surface area contributed by atoms with E-state index >= 15 is 0 Å². The Morgan fingerprint density at radius 1 is 1.17 bits per heavy atom. The van der Waals surface area contributed by atoms with Crippen molar-refractivity contribution in [1.82, 2.24) is 9.55 Å². The number of rotatable bonds is 6. The summed E-state index contributed by atoms with van der Waals surface area (Å²) in [5.41, 5.74) is 2.79. The third-order valence-corrected chi connectivity index (χ3v) is 4.88. The maximum Gasteiger partial charge on any atom is 0.257 e. The summed E-state index contributed by atoms with van der Waals surface area (Å²) in [6.07, 6.45) is 0.179. The molecule has 3 rings (SSSR count). The van der Waals surface area contributed by atoms with Crippen molar-refractivity contribution in [3.05, 3.63) is 80.7 Å². The van der Waals surface area contributed by atoms with Crippen LogP contribution in [0.4, 0.5) is 5.69 Å². The molecule has 0 bridgehead atoms. The average molecular weight is 412 g/mol. The first-order chi connectivity index (χ1) is 13.9. The van der Waals surface area contributed by atoms with E-state index in [0.717, 1.165) is 11.1 Å². The van der Waals surface area contributed by atoms with Gasteiger partial charge in [0.05, 0.1) is 10.7 Å². The standard InChI is InChI=1S/C22H22ClN3O3/c1-14-8-9-19(18(23)12-14)25-20(28)13-26-21(16-6-4-3-5-7-16)24-15(2)17(10-11-27)22(26)29/h3-9,12,27H,10-11,13H2,1-2H3,(H,25,28). The fourth-order valence-electron chi connectivity index (χ4n) is 3.11. The van der Waals surface area contributed by atoms with Crippen LogP contribution >= 0.6 is 11.6 Å². The van der Waals surface area contributed by atoms with Crippen LogP contribution in [0.5, 0.6) is 0 Å². The van der Waals surface area contributed by atoms with Gasteiger partial charge in [-0.3, -0.25) is 14.2 Å². The molecule has 1 heterocycles. The Balaban J connectivity index is 2.01. The zero-order valence-electron chi connectivity index (χ0n) is 16.3. The topological polar surface area (TPSA) is 84.2 Å². The summed E-state index contributed by atoms with van der Waals surface area (Å²) in [4.78, 5) is 30.3. The molecule has 29 heavy (non-hydrogen) atoms. The van der Waals surface area contributed by atoms with Crippen LogP contribution in [0.1, 0.15) is 16.8 Å². The van der Waals surface area contributed by atoms with Gasteiger partial charge >= 0.3 is 0 Å². The van der Waals surface area contributed by atoms with Crippen LogP contribution in [-0.2, 0) is 17.8 Å². The molecular formula is C22H22ClN3O3. The molecule has 0 spiro atoms. The number of aromatic nitrogens is 2. The zero-order chi connectivity index (χ0) is 21.0. The Labute approximate surface area is 173 Å². The average Bonchev–Trinajstić information content (AvgIpc) is 2.70. The predicted octanol–water partition coefficient (Wildman–Crippen LogP) is 3.35. The van der Waals surface area contributed by atoms with Gasteiger partial charge in [-0.1, -0.05) is 48.0 Å². The number of benzene rings is 2. The Morgan fingerprint density at radius 2 is 1.90 bits per heavy atom. The number of carbonyl (C=O) groups is 1. The molecule has 0 saturated carbocycles. The summed E-state index contributed by atoms with van der Waals surface area (Å²) in [5, 5.41) is 12.5. The molecule has 0 unspecified atom stereocenters. The van der Waals surface area contributed by atoms with E-state index in [1.165, 1.54) is 4.57 Å². The molecule has 150 valence electrons. The van der Waals surface area contributed by atoms with E-state index < -0.39 is 5.91 Å². The number of aliphatic hydroxyl groups excluding tert-OH is 1. The second-order valence-electron chi connectivity index (χ2n) is 6.76. The van der Waals surface area contributed by atoms with Crippen molar-refractivity contribution in [1.29, 1.82) is 0 Å². The summed E-state index contributed by atoms with van der Waals surface area (Å²) in [7, 11) is 0. The number of hydrogen-bond acceptors (Lipinski definition) is 4. The molecule has 0 fully saturated rings. The molecule has 0 aliphatic carbocycles. The van der Waals surface area contributed by atoms with Gasteiger partial charge in [-0.25, -0.2) is 4.98 Å². The first kappa shape index (κ1) is 20.8. The molecule has 2 aromatic carbocycles. The second kappa shape index (κ2) is 9.03. The number of carbonyl (C=O) groups excluding carboxylic acids is 1. The van der Waals surface area contributed by atoms with Gasteiger partial charge in [0.2, 0.25) is 5.91 Å². The first-order valence-corrected chi connectivity index (χ1v) is 9.61. The normalized spacial score (nSPS) is 10.8. The van der Waals surface area contributed by atoms with E-state index in [1.807, 2.05) is 43.3 Å². The highest BCUT2D eigenvalue weighted by Gasteiger charge is 2.18. The lowest BCUT2D eigenvalue weighted by Crippen LogP contribution is -2.33. The summed E-state index contributed by atoms with van der Waals surface area (Å²) in [5.74, 6) is 0.00979. The molecule has 0 radical (unpaired) electrons. The van der Waals surface area contributed by atoms with E-state index in [0.29, 0.717) is 27.8 Å². The minimum absolute atomic E-state index is 0.173. The highest BCUT2D eigenvalue weighted by atomic mass is 35.5. The van der Waals surface area contributed by atoms with Gasteiger partial charge in [0.25, 0.3) is 5.56 Å². The van der Waals surface area contributed by atoms with Gasteiger partial charge in [-0.15, -0.1) is 0 Å². The van der Waals surface area contributed by atoms with Gasteiger partial charge < -0.3 is 10.4 Å². The quantitative estimate of drug-likeness (QED) is 0.651. The number of amides is 1. The molecule has 6 nitrogen and oxygen atoms in total. The molecule has 0 saturated heterocycles. The van der Waals surface area contributed by atoms with Gasteiger partial charge in [0.1, 0.15) is 12.4 Å². The largest absolute Gasteiger partial charge is 0.396 e. The third kappa shape index (κ3) is 4.72. The highest BCUT2D eigenvalue weighted by Crippen LogP contribution is 2.23. The van der Waals surface area contributed by atoms with Crippen molar-refractivity contribution >= 4 is 23.2 Å². The zero-order valence-corrected chi connectivity index (χ0v) is 17.0. The van der Waals surface area contributed by atoms with E-state index in [9.17, 15) is 14.7 Å². The first-order valence-electron chi connectivity index (χ1n) is 9.23. The van der Waals surface area contributed by atoms with Crippen LogP contribution in [0.15, 0.2) is 53.3 Å². The van der Waals surface area contributed by atoms with Crippen LogP contribution < -0.4 is 10.9 Å². The van der Waals surface area contributed by atoms with Crippen molar-refractivity contribution in [2.24, 2.45) is 0 Å². The Morgan fingerprint density at radius 3 is 2.55 bits per heavy atom. The van der Waals surface area contributed by atoms with Crippen molar-refractivity contribution in [2.75, 3.05) is 11.9 Å². The number of nitrogens with one attached hydrogen (secondary N) is 1. The van der Waals surface area contributed by atoms with E-state index in [2.05, 4.69) is 10.3 Å². The predicted molar refractivity (Wildman–Crippen MR) is 114 cm³/mol. The number of nitrogens with zero attached hydrogens (tertiary/aromatic N) is 2. The van der Waals surface area contributed by atoms with Crippen LogP contribution in [0.3, 0.4) is 0 Å². The molecular weight excluding hydrogens is 390 g/mol. The lowest BCUT2D eigenvalue weighted by Gasteiger charge is -2.16. The fourth-order valence-corrected chi connectivity index (χ4v) is 3.39. The minimum atomic E-state index is -0.393. The van der Waals surface area contributed by atoms with Gasteiger partial charge in [-0.2, -0.15) is 0 Å². The maximum atomic E-state index is 13.1. The summed E-state index contributed by atoms with van der Waals surface area (Å²) in [6, 6.07) is 14.5. The van der Waals surface area contributed by atoms with E-state index in [-0.39, 0.29) is 25.1 Å². The lowest BCUT2D eigenvalue weighted by molar-refractivity contribution is -0.116. The molecule has 2 N–H and O–H groups in total. The Hall–Kier alpha value is -2.96. The monoisotopic (exact) mass is 411 g/mol. The van der Waals surface area contributed by atoms with Crippen LogP contribution in [0.25, 0.3) is 11.4 Å². The molecule has 3 aromatic rings. The molecule has 7 heteroatoms. The number of halogens is 1. The van der Waals surface area contributed by atoms with Gasteiger partial charge in [-0.05, 0) is 31.5 Å². The molecule has 0 aliphatic heterocycles. The number of aliphatic hydroxyl groups is 1. The highest BCUT2D eigenvalue weighted by molar-refractivity contribution is 6.33. The number of aryl methyl sites for hydroxylation is 2. The molecule has 1 amide bonds. The van der Waals surface area contributed by atoms with Crippen molar-refractivity contribution in [3.8, 4) is 11.4 Å². The minimum Gasteiger partial charge on any atom is -0.396 e. The molecule has 0 aliphatic rings. The number of hydrogen-bond donors (Lipinski definition) is 2. The van der Waals surface area contributed by atoms with Crippen LogP contribution in [0.2, 0.25) is 5.02 Å². The summed E-state index contributed by atoms with van der Waals surface area (Å²) in [6.45, 7) is 3.24. The second-order valence-corrected chi connectivity index (χ2v) is 7.17. The van der Waals surface area contributed by atoms with E-state index in [1.54, 1.807) is 19.1 Å². The SMILES string of the molecule is Cc1ccc(NC(=O)Cn2c(-c3ccccc3)nc(C)c(CCO)c2=O)c(Cl)c1. The van der Waals surface area contributed by atoms with E-state index in [4.69, 9.17) is 11.6 Å². The van der Waals surface area contributed by atoms with Crippen molar-refractivity contribution in [2.45, 2.75) is 26.8 Å². The molecule has 0 atom stereocenters. The fraction of sp³-hybridized carbons (Fsp3) is 0.227. The maximum absolute atomic E-state index is 13.1. The third-order valence-electron chi connectivity index (χ3n) is 4.56. The van der Waals surface area contributed by atoms with Gasteiger partial charge in [0, 0.05) is 29.8 Å². The Kier molecular flexibility index (Phi) is 6.46. The van der Waals surface area contributed by atoms with Crippen LogP contribution in [-0.4, -0.2) is 27.2 Å². The van der Waals surface area contributed by atoms with Crippen molar-refractivity contribution < 1.29 is 9.90 Å².